The highest BCUT2D eigenvalue weighted by Crippen LogP contribution is 2.41. The maximum absolute atomic E-state index is 12.9. The van der Waals surface area contributed by atoms with Gasteiger partial charge in [-0.2, -0.15) is 13.2 Å². The Morgan fingerprint density at radius 1 is 1.19 bits per heavy atom. The van der Waals surface area contributed by atoms with E-state index in [-0.39, 0.29) is 6.54 Å². The SMILES string of the molecule is Cc1cc(Cl)cc(-c2ccnc3cc(Cn4c(=O)ccn(CC(F)(F)F)c4=O)sc23)c1OCC1COC1. The van der Waals surface area contributed by atoms with Gasteiger partial charge in [-0.1, -0.05) is 11.6 Å². The molecular weight excluding hydrogens is 531 g/mol. The molecule has 1 saturated heterocycles. The summed E-state index contributed by atoms with van der Waals surface area (Å²) in [5.41, 5.74) is 1.35. The first-order valence-electron chi connectivity index (χ1n) is 11.3. The van der Waals surface area contributed by atoms with E-state index >= 15 is 0 Å². The van der Waals surface area contributed by atoms with E-state index in [2.05, 4.69) is 4.98 Å². The molecule has 0 N–H and O–H groups in total. The third-order valence-electron chi connectivity index (χ3n) is 5.97. The van der Waals surface area contributed by atoms with E-state index in [0.29, 0.717) is 51.5 Å². The smallest absolute Gasteiger partial charge is 0.406 e. The maximum atomic E-state index is 12.9. The maximum Gasteiger partial charge on any atom is 0.406 e. The lowest BCUT2D eigenvalue weighted by molar-refractivity contribution is -0.141. The minimum absolute atomic E-state index is 0.184. The number of nitrogens with zero attached hydrogens (tertiary/aromatic N) is 3. The Hall–Kier alpha value is -3.15. The first-order valence-corrected chi connectivity index (χ1v) is 12.5. The van der Waals surface area contributed by atoms with E-state index < -0.39 is 24.0 Å². The van der Waals surface area contributed by atoms with Gasteiger partial charge in [0, 0.05) is 45.4 Å². The summed E-state index contributed by atoms with van der Waals surface area (Å²) < 4.78 is 52.0. The van der Waals surface area contributed by atoms with Crippen molar-refractivity contribution in [2.75, 3.05) is 19.8 Å². The van der Waals surface area contributed by atoms with Gasteiger partial charge in [0.15, 0.2) is 0 Å². The van der Waals surface area contributed by atoms with Crippen LogP contribution in [0.4, 0.5) is 13.2 Å². The predicted molar refractivity (Wildman–Crippen MR) is 135 cm³/mol. The second kappa shape index (κ2) is 9.96. The number of pyridine rings is 1. The van der Waals surface area contributed by atoms with Crippen LogP contribution < -0.4 is 16.0 Å². The zero-order chi connectivity index (χ0) is 26.3. The van der Waals surface area contributed by atoms with E-state index in [1.54, 1.807) is 12.3 Å². The van der Waals surface area contributed by atoms with Gasteiger partial charge in [-0.25, -0.2) is 4.79 Å². The van der Waals surface area contributed by atoms with Gasteiger partial charge in [-0.15, -0.1) is 11.3 Å². The predicted octanol–water partition coefficient (Wildman–Crippen LogP) is 4.88. The molecule has 1 aliphatic rings. The summed E-state index contributed by atoms with van der Waals surface area (Å²) in [7, 11) is 0. The quantitative estimate of drug-likeness (QED) is 0.327. The summed E-state index contributed by atoms with van der Waals surface area (Å²) in [5.74, 6) is 1.01. The highest BCUT2D eigenvalue weighted by molar-refractivity contribution is 7.19. The van der Waals surface area contributed by atoms with Crippen molar-refractivity contribution < 1.29 is 22.6 Å². The number of aryl methyl sites for hydroxylation is 1. The van der Waals surface area contributed by atoms with Crippen LogP contribution in [0.1, 0.15) is 10.4 Å². The van der Waals surface area contributed by atoms with E-state index in [4.69, 9.17) is 21.1 Å². The van der Waals surface area contributed by atoms with Gasteiger partial charge in [-0.05, 0) is 36.8 Å². The molecule has 0 unspecified atom stereocenters. The molecule has 1 aromatic carbocycles. The fraction of sp³-hybridized carbons (Fsp3) is 0.320. The Kier molecular flexibility index (Phi) is 6.86. The number of ether oxygens (including phenoxy) is 2. The molecule has 7 nitrogen and oxygen atoms in total. The van der Waals surface area contributed by atoms with Gasteiger partial charge in [0.2, 0.25) is 0 Å². The molecule has 0 radical (unpaired) electrons. The molecule has 0 spiro atoms. The number of alkyl halides is 3. The van der Waals surface area contributed by atoms with E-state index in [1.807, 2.05) is 25.1 Å². The van der Waals surface area contributed by atoms with Crippen LogP contribution >= 0.6 is 22.9 Å². The van der Waals surface area contributed by atoms with E-state index in [1.165, 1.54) is 11.3 Å². The van der Waals surface area contributed by atoms with E-state index in [9.17, 15) is 22.8 Å². The number of aromatic nitrogens is 3. The van der Waals surface area contributed by atoms with Crippen molar-refractivity contribution in [3.05, 3.63) is 79.0 Å². The van der Waals surface area contributed by atoms with Crippen molar-refractivity contribution in [3.63, 3.8) is 0 Å². The molecule has 0 aliphatic carbocycles. The summed E-state index contributed by atoms with van der Waals surface area (Å²) in [6.45, 7) is 2.05. The van der Waals surface area contributed by atoms with Gasteiger partial charge in [0.25, 0.3) is 5.56 Å². The molecule has 0 atom stereocenters. The monoisotopic (exact) mass is 551 g/mol. The van der Waals surface area contributed by atoms with Crippen LogP contribution in [0.25, 0.3) is 21.3 Å². The Bertz CT molecular complexity index is 1590. The summed E-state index contributed by atoms with van der Waals surface area (Å²) in [5, 5.41) is 0.537. The molecule has 0 amide bonds. The van der Waals surface area contributed by atoms with Gasteiger partial charge in [0.05, 0.1) is 36.6 Å². The average Bonchev–Trinajstić information content (AvgIpc) is 3.20. The lowest BCUT2D eigenvalue weighted by Crippen LogP contribution is -2.41. The minimum Gasteiger partial charge on any atom is -0.492 e. The summed E-state index contributed by atoms with van der Waals surface area (Å²) in [6, 6.07) is 8.14. The highest BCUT2D eigenvalue weighted by atomic mass is 35.5. The van der Waals surface area contributed by atoms with Crippen LogP contribution in [0.5, 0.6) is 5.75 Å². The number of benzene rings is 1. The number of rotatable bonds is 7. The van der Waals surface area contributed by atoms with Crippen molar-refractivity contribution in [2.24, 2.45) is 5.92 Å². The molecule has 5 rings (SSSR count). The van der Waals surface area contributed by atoms with Crippen LogP contribution in [0.3, 0.4) is 0 Å². The third-order valence-corrected chi connectivity index (χ3v) is 7.33. The topological polar surface area (TPSA) is 75.4 Å². The summed E-state index contributed by atoms with van der Waals surface area (Å²) in [6.07, 6.45) is -2.10. The Morgan fingerprint density at radius 2 is 1.97 bits per heavy atom. The van der Waals surface area contributed by atoms with Crippen LogP contribution in [-0.4, -0.2) is 40.1 Å². The van der Waals surface area contributed by atoms with Crippen molar-refractivity contribution >= 4 is 33.2 Å². The van der Waals surface area contributed by atoms with Gasteiger partial charge in [-0.3, -0.25) is 18.9 Å². The second-order valence-electron chi connectivity index (χ2n) is 8.87. The van der Waals surface area contributed by atoms with Crippen molar-refractivity contribution in [1.29, 1.82) is 0 Å². The largest absolute Gasteiger partial charge is 0.492 e. The van der Waals surface area contributed by atoms with Crippen LogP contribution in [-0.2, 0) is 17.8 Å². The zero-order valence-corrected chi connectivity index (χ0v) is 21.1. The number of hydrogen-bond donors (Lipinski definition) is 0. The standard InChI is InChI=1S/C25H21ClF3N3O4S/c1-14-6-16(26)7-19(22(14)36-12-15-10-35-11-15)18-2-4-30-20-8-17(37-23(18)20)9-32-21(33)3-5-31(24(32)34)13-25(27,28)29/h2-8,15H,9-13H2,1H3. The Balaban J connectivity index is 1.54. The molecule has 1 aliphatic heterocycles. The molecular formula is C25H21ClF3N3O4S. The number of thiophene rings is 1. The van der Waals surface area contributed by atoms with Gasteiger partial charge in [0.1, 0.15) is 12.3 Å². The van der Waals surface area contributed by atoms with Gasteiger partial charge < -0.3 is 9.47 Å². The van der Waals surface area contributed by atoms with Gasteiger partial charge >= 0.3 is 11.9 Å². The fourth-order valence-electron chi connectivity index (χ4n) is 4.15. The van der Waals surface area contributed by atoms with Crippen LogP contribution in [0, 0.1) is 12.8 Å². The number of fused-ring (bicyclic) bond motifs is 1. The molecule has 0 saturated carbocycles. The molecule has 12 heteroatoms. The zero-order valence-electron chi connectivity index (χ0n) is 19.5. The van der Waals surface area contributed by atoms with Crippen molar-refractivity contribution in [3.8, 4) is 16.9 Å². The summed E-state index contributed by atoms with van der Waals surface area (Å²) >= 11 is 7.69. The number of hydrogen-bond acceptors (Lipinski definition) is 6. The average molecular weight is 552 g/mol. The fourth-order valence-corrected chi connectivity index (χ4v) is 5.56. The molecule has 4 aromatic rings. The normalized spacial score (nSPS) is 14.2. The summed E-state index contributed by atoms with van der Waals surface area (Å²) in [4.78, 5) is 30.0. The molecule has 194 valence electrons. The van der Waals surface area contributed by atoms with Crippen molar-refractivity contribution in [1.82, 2.24) is 14.1 Å². The minimum atomic E-state index is -4.59. The molecule has 3 aromatic heterocycles. The Morgan fingerprint density at radius 3 is 2.68 bits per heavy atom. The lowest BCUT2D eigenvalue weighted by Gasteiger charge is -2.27. The highest BCUT2D eigenvalue weighted by Gasteiger charge is 2.29. The number of halogens is 4. The Labute approximate surface area is 217 Å². The second-order valence-corrected chi connectivity index (χ2v) is 10.4. The molecule has 1 fully saturated rings. The van der Waals surface area contributed by atoms with Crippen LogP contribution in [0.2, 0.25) is 5.02 Å². The lowest BCUT2D eigenvalue weighted by atomic mass is 10.0. The first kappa shape index (κ1) is 25.5. The van der Waals surface area contributed by atoms with E-state index in [0.717, 1.165) is 38.2 Å². The molecule has 4 heterocycles. The van der Waals surface area contributed by atoms with Crippen LogP contribution in [0.15, 0.2) is 52.3 Å². The molecule has 37 heavy (non-hydrogen) atoms. The third kappa shape index (κ3) is 5.43. The molecule has 0 bridgehead atoms. The van der Waals surface area contributed by atoms with Crippen molar-refractivity contribution in [2.45, 2.75) is 26.2 Å². The first-order chi connectivity index (χ1) is 17.6.